The molecule has 1 atom stereocenters. The van der Waals surface area contributed by atoms with Gasteiger partial charge in [-0.2, -0.15) is 0 Å². The standard InChI is InChI=1S/C30H36ClN3O5S/c1-5-19-32-30(36)23(4)33(20-24-9-11-25(31)12-10-24)29(35)21-34(26-13-7-22(3)8-14-26)40(37,38)28-17-15-27(16-18-28)39-6-2/h7-18,23H,5-6,19-21H2,1-4H3,(H,32,36)/t23-/m0/s1. The van der Waals surface area contributed by atoms with Gasteiger partial charge >= 0.3 is 0 Å². The number of nitrogens with one attached hydrogen (secondary N) is 1. The lowest BCUT2D eigenvalue weighted by Crippen LogP contribution is -2.51. The topological polar surface area (TPSA) is 96.0 Å². The summed E-state index contributed by atoms with van der Waals surface area (Å²) >= 11 is 6.04. The van der Waals surface area contributed by atoms with Crippen LogP contribution in [-0.4, -0.2) is 50.9 Å². The Morgan fingerprint density at radius 1 is 0.950 bits per heavy atom. The molecule has 0 bridgehead atoms. The second-order valence-corrected chi connectivity index (χ2v) is 11.7. The number of carbonyl (C=O) groups excluding carboxylic acids is 2. The Hall–Kier alpha value is -3.56. The maximum absolute atomic E-state index is 13.9. The molecule has 2 amide bonds. The van der Waals surface area contributed by atoms with Gasteiger partial charge in [-0.1, -0.05) is 48.4 Å². The Labute approximate surface area is 241 Å². The van der Waals surface area contributed by atoms with Crippen LogP contribution in [0.4, 0.5) is 5.69 Å². The minimum atomic E-state index is -4.15. The molecule has 0 fully saturated rings. The number of benzene rings is 3. The van der Waals surface area contributed by atoms with Crippen LogP contribution < -0.4 is 14.4 Å². The van der Waals surface area contributed by atoms with Crippen LogP contribution in [0.15, 0.2) is 77.7 Å². The van der Waals surface area contributed by atoms with Crippen LogP contribution in [0, 0.1) is 6.92 Å². The van der Waals surface area contributed by atoms with Crippen LogP contribution in [0.5, 0.6) is 5.75 Å². The molecule has 8 nitrogen and oxygen atoms in total. The lowest BCUT2D eigenvalue weighted by atomic mass is 10.1. The third kappa shape index (κ3) is 7.99. The van der Waals surface area contributed by atoms with Crippen molar-refractivity contribution in [2.45, 2.75) is 51.6 Å². The molecule has 0 spiro atoms. The van der Waals surface area contributed by atoms with Gasteiger partial charge < -0.3 is 15.0 Å². The number of hydrogen-bond donors (Lipinski definition) is 1. The van der Waals surface area contributed by atoms with E-state index in [4.69, 9.17) is 16.3 Å². The van der Waals surface area contributed by atoms with Crippen molar-refractivity contribution in [1.29, 1.82) is 0 Å². The SMILES string of the molecule is CCCNC(=O)[C@H](C)N(Cc1ccc(Cl)cc1)C(=O)CN(c1ccc(C)cc1)S(=O)(=O)c1ccc(OCC)cc1. The van der Waals surface area contributed by atoms with E-state index in [0.717, 1.165) is 21.9 Å². The molecule has 1 N–H and O–H groups in total. The molecule has 3 aromatic rings. The van der Waals surface area contributed by atoms with Crippen molar-refractivity contribution < 1.29 is 22.7 Å². The number of amides is 2. The summed E-state index contributed by atoms with van der Waals surface area (Å²) in [6, 6.07) is 19.1. The van der Waals surface area contributed by atoms with Gasteiger partial charge in [0, 0.05) is 18.1 Å². The predicted molar refractivity (Wildman–Crippen MR) is 158 cm³/mol. The second kappa shape index (κ2) is 14.2. The fourth-order valence-corrected chi connectivity index (χ4v) is 5.55. The zero-order chi connectivity index (χ0) is 29.3. The van der Waals surface area contributed by atoms with Gasteiger partial charge in [-0.15, -0.1) is 0 Å². The molecule has 0 heterocycles. The lowest BCUT2D eigenvalue weighted by molar-refractivity contribution is -0.139. The smallest absolute Gasteiger partial charge is 0.264 e. The van der Waals surface area contributed by atoms with Gasteiger partial charge in [0.2, 0.25) is 11.8 Å². The van der Waals surface area contributed by atoms with Crippen molar-refractivity contribution in [2.75, 3.05) is 24.0 Å². The number of carbonyl (C=O) groups is 2. The third-order valence-electron chi connectivity index (χ3n) is 6.31. The van der Waals surface area contributed by atoms with Gasteiger partial charge in [0.05, 0.1) is 17.2 Å². The van der Waals surface area contributed by atoms with Crippen LogP contribution in [-0.2, 0) is 26.2 Å². The molecule has 0 aliphatic heterocycles. The van der Waals surface area contributed by atoms with Crippen molar-refractivity contribution in [3.63, 3.8) is 0 Å². The second-order valence-electron chi connectivity index (χ2n) is 9.37. The van der Waals surface area contributed by atoms with E-state index in [0.29, 0.717) is 29.6 Å². The Bertz CT molecular complexity index is 1380. The van der Waals surface area contributed by atoms with Gasteiger partial charge in [-0.3, -0.25) is 13.9 Å². The first kappa shape index (κ1) is 31.0. The number of anilines is 1. The van der Waals surface area contributed by atoms with Crippen LogP contribution >= 0.6 is 11.6 Å². The summed E-state index contributed by atoms with van der Waals surface area (Å²) in [7, 11) is -4.15. The fourth-order valence-electron chi connectivity index (χ4n) is 4.01. The predicted octanol–water partition coefficient (Wildman–Crippen LogP) is 5.19. The van der Waals surface area contributed by atoms with Gasteiger partial charge in [-0.05, 0) is 81.3 Å². The minimum Gasteiger partial charge on any atom is -0.494 e. The minimum absolute atomic E-state index is 0.0160. The van der Waals surface area contributed by atoms with Crippen molar-refractivity contribution in [2.24, 2.45) is 0 Å². The van der Waals surface area contributed by atoms with E-state index in [9.17, 15) is 18.0 Å². The summed E-state index contributed by atoms with van der Waals surface area (Å²) in [4.78, 5) is 28.2. The van der Waals surface area contributed by atoms with Gasteiger partial charge in [0.15, 0.2) is 0 Å². The van der Waals surface area contributed by atoms with E-state index in [1.807, 2.05) is 20.8 Å². The number of sulfonamides is 1. The Kier molecular flexibility index (Phi) is 11.0. The molecule has 0 aliphatic rings. The monoisotopic (exact) mass is 585 g/mol. The molecule has 0 aliphatic carbocycles. The average Bonchev–Trinajstić information content (AvgIpc) is 2.94. The Morgan fingerprint density at radius 2 is 1.57 bits per heavy atom. The van der Waals surface area contributed by atoms with Crippen LogP contribution in [0.2, 0.25) is 5.02 Å². The van der Waals surface area contributed by atoms with Gasteiger partial charge in [0.25, 0.3) is 10.0 Å². The summed E-state index contributed by atoms with van der Waals surface area (Å²) in [5.41, 5.74) is 2.03. The first-order valence-electron chi connectivity index (χ1n) is 13.2. The summed E-state index contributed by atoms with van der Waals surface area (Å²) < 4.78 is 34.3. The van der Waals surface area contributed by atoms with Gasteiger partial charge in [0.1, 0.15) is 18.3 Å². The molecule has 0 saturated heterocycles. The molecule has 214 valence electrons. The maximum Gasteiger partial charge on any atom is 0.264 e. The highest BCUT2D eigenvalue weighted by atomic mass is 35.5. The van der Waals surface area contributed by atoms with Crippen molar-refractivity contribution in [3.8, 4) is 5.75 Å². The van der Waals surface area contributed by atoms with Crippen LogP contribution in [0.3, 0.4) is 0 Å². The molecule has 3 rings (SSSR count). The number of nitrogens with zero attached hydrogens (tertiary/aromatic N) is 2. The van der Waals surface area contributed by atoms with E-state index in [-0.39, 0.29) is 17.3 Å². The molecular weight excluding hydrogens is 550 g/mol. The van der Waals surface area contributed by atoms with E-state index in [2.05, 4.69) is 5.32 Å². The van der Waals surface area contributed by atoms with Crippen LogP contribution in [0.25, 0.3) is 0 Å². The summed E-state index contributed by atoms with van der Waals surface area (Å²) in [6.45, 7) is 7.82. The van der Waals surface area contributed by atoms with E-state index in [1.54, 1.807) is 67.6 Å². The van der Waals surface area contributed by atoms with Gasteiger partial charge in [-0.25, -0.2) is 8.42 Å². The summed E-state index contributed by atoms with van der Waals surface area (Å²) in [6.07, 6.45) is 0.741. The molecular formula is C30H36ClN3O5S. The first-order valence-corrected chi connectivity index (χ1v) is 15.0. The lowest BCUT2D eigenvalue weighted by Gasteiger charge is -2.32. The Morgan fingerprint density at radius 3 is 2.15 bits per heavy atom. The average molecular weight is 586 g/mol. The highest BCUT2D eigenvalue weighted by Gasteiger charge is 2.32. The number of aryl methyl sites for hydroxylation is 1. The molecule has 0 aromatic heterocycles. The fraction of sp³-hybridized carbons (Fsp3) is 0.333. The zero-order valence-corrected chi connectivity index (χ0v) is 24.8. The highest BCUT2D eigenvalue weighted by molar-refractivity contribution is 7.92. The number of halogens is 1. The third-order valence-corrected chi connectivity index (χ3v) is 8.35. The van der Waals surface area contributed by atoms with E-state index >= 15 is 0 Å². The molecule has 0 saturated carbocycles. The van der Waals surface area contributed by atoms with E-state index < -0.39 is 28.5 Å². The summed E-state index contributed by atoms with van der Waals surface area (Å²) in [5.74, 6) is -0.301. The summed E-state index contributed by atoms with van der Waals surface area (Å²) in [5, 5.41) is 3.37. The highest BCUT2D eigenvalue weighted by Crippen LogP contribution is 2.26. The molecule has 10 heteroatoms. The number of ether oxygens (including phenoxy) is 1. The van der Waals surface area contributed by atoms with E-state index in [1.165, 1.54) is 17.0 Å². The zero-order valence-electron chi connectivity index (χ0n) is 23.3. The Balaban J connectivity index is 2.00. The number of hydrogen-bond acceptors (Lipinski definition) is 5. The molecule has 3 aromatic carbocycles. The largest absolute Gasteiger partial charge is 0.494 e. The van der Waals surface area contributed by atoms with Crippen molar-refractivity contribution in [3.05, 3.63) is 88.9 Å². The first-order chi connectivity index (χ1) is 19.1. The normalized spacial score (nSPS) is 11.9. The van der Waals surface area contributed by atoms with Crippen molar-refractivity contribution in [1.82, 2.24) is 10.2 Å². The quantitative estimate of drug-likeness (QED) is 0.298. The maximum atomic E-state index is 13.9. The molecule has 0 radical (unpaired) electrons. The van der Waals surface area contributed by atoms with Crippen LogP contribution in [0.1, 0.15) is 38.3 Å². The molecule has 0 unspecified atom stereocenters. The molecule has 40 heavy (non-hydrogen) atoms. The number of rotatable bonds is 13. The van der Waals surface area contributed by atoms with Crippen molar-refractivity contribution >= 4 is 39.1 Å².